The van der Waals surface area contributed by atoms with Crippen LogP contribution in [0.3, 0.4) is 0 Å². The fourth-order valence-corrected chi connectivity index (χ4v) is 2.25. The zero-order valence-electron chi connectivity index (χ0n) is 10.8. The van der Waals surface area contributed by atoms with E-state index in [0.717, 1.165) is 18.5 Å². The van der Waals surface area contributed by atoms with Crippen molar-refractivity contribution in [2.45, 2.75) is 19.4 Å². The molecule has 1 aromatic carbocycles. The largest absolute Gasteiger partial charge is 0.338 e. The number of carbonyl (C=O) groups excluding carboxylic acids is 1. The molecule has 0 spiro atoms. The molecule has 3 nitrogen and oxygen atoms in total. The van der Waals surface area contributed by atoms with Crippen LogP contribution in [0.5, 0.6) is 0 Å². The van der Waals surface area contributed by atoms with Crippen molar-refractivity contribution >= 4 is 5.91 Å². The Morgan fingerprint density at radius 1 is 1.28 bits per heavy atom. The van der Waals surface area contributed by atoms with E-state index in [-0.39, 0.29) is 17.9 Å². The van der Waals surface area contributed by atoms with Crippen molar-refractivity contribution in [2.24, 2.45) is 11.7 Å². The van der Waals surface area contributed by atoms with E-state index in [0.29, 0.717) is 6.54 Å². The molecule has 0 aromatic heterocycles. The van der Waals surface area contributed by atoms with Crippen molar-refractivity contribution in [3.63, 3.8) is 0 Å². The summed E-state index contributed by atoms with van der Waals surface area (Å²) in [5.74, 6) is -0.0328. The van der Waals surface area contributed by atoms with Crippen molar-refractivity contribution in [3.05, 3.63) is 48.0 Å². The van der Waals surface area contributed by atoms with Gasteiger partial charge in [0, 0.05) is 19.1 Å². The molecule has 2 rings (SSSR count). The predicted octanol–water partition coefficient (Wildman–Crippen LogP) is 2.11. The first-order valence-corrected chi connectivity index (χ1v) is 6.44. The van der Waals surface area contributed by atoms with Gasteiger partial charge < -0.3 is 10.6 Å². The molecule has 2 N–H and O–H groups in total. The van der Waals surface area contributed by atoms with Crippen LogP contribution in [0, 0.1) is 5.92 Å². The van der Waals surface area contributed by atoms with Gasteiger partial charge >= 0.3 is 0 Å². The second-order valence-corrected chi connectivity index (χ2v) is 4.77. The zero-order valence-corrected chi connectivity index (χ0v) is 10.8. The lowest BCUT2D eigenvalue weighted by molar-refractivity contribution is -0.135. The van der Waals surface area contributed by atoms with Crippen LogP contribution in [-0.4, -0.2) is 23.9 Å². The van der Waals surface area contributed by atoms with Gasteiger partial charge in [-0.15, -0.1) is 0 Å². The van der Waals surface area contributed by atoms with Crippen LogP contribution in [0.15, 0.2) is 42.5 Å². The SMILES string of the molecule is CC(C(=O)N1CC=CCC1)C(N)c1ccccc1. The Balaban J connectivity index is 2.04. The molecule has 1 aliphatic rings. The number of rotatable bonds is 3. The molecular weight excluding hydrogens is 224 g/mol. The Morgan fingerprint density at radius 2 is 2.00 bits per heavy atom. The Bertz CT molecular complexity index is 427. The first-order valence-electron chi connectivity index (χ1n) is 6.44. The van der Waals surface area contributed by atoms with Gasteiger partial charge in [0.25, 0.3) is 0 Å². The smallest absolute Gasteiger partial charge is 0.227 e. The van der Waals surface area contributed by atoms with Crippen LogP contribution in [-0.2, 0) is 4.79 Å². The third kappa shape index (κ3) is 2.79. The summed E-state index contributed by atoms with van der Waals surface area (Å²) < 4.78 is 0. The van der Waals surface area contributed by atoms with Crippen LogP contribution in [0.4, 0.5) is 0 Å². The summed E-state index contributed by atoms with van der Waals surface area (Å²) in [5, 5.41) is 0. The van der Waals surface area contributed by atoms with Crippen molar-refractivity contribution < 1.29 is 4.79 Å². The predicted molar refractivity (Wildman–Crippen MR) is 72.9 cm³/mol. The second kappa shape index (κ2) is 5.83. The standard InChI is InChI=1S/C15H20N2O/c1-12(14(16)13-8-4-2-5-9-13)15(18)17-10-6-3-7-11-17/h2-6,8-9,12,14H,7,10-11,16H2,1H3. The van der Waals surface area contributed by atoms with Crippen LogP contribution in [0.25, 0.3) is 0 Å². The van der Waals surface area contributed by atoms with Gasteiger partial charge in [-0.25, -0.2) is 0 Å². The summed E-state index contributed by atoms with van der Waals surface area (Å²) in [5.41, 5.74) is 7.20. The molecular formula is C15H20N2O. The first kappa shape index (κ1) is 12.8. The molecule has 2 atom stereocenters. The lowest BCUT2D eigenvalue weighted by Crippen LogP contribution is -2.40. The molecule has 0 saturated carbocycles. The van der Waals surface area contributed by atoms with Crippen molar-refractivity contribution in [1.82, 2.24) is 4.90 Å². The minimum atomic E-state index is -0.232. The van der Waals surface area contributed by atoms with E-state index >= 15 is 0 Å². The van der Waals surface area contributed by atoms with Crippen LogP contribution < -0.4 is 5.73 Å². The van der Waals surface area contributed by atoms with E-state index in [1.165, 1.54) is 0 Å². The summed E-state index contributed by atoms with van der Waals surface area (Å²) in [6, 6.07) is 9.59. The molecule has 1 amide bonds. The third-order valence-corrected chi connectivity index (χ3v) is 3.48. The number of benzene rings is 1. The highest BCUT2D eigenvalue weighted by Crippen LogP contribution is 2.21. The molecule has 0 aliphatic carbocycles. The van der Waals surface area contributed by atoms with Crippen LogP contribution in [0.2, 0.25) is 0 Å². The summed E-state index contributed by atoms with van der Waals surface area (Å²) in [7, 11) is 0. The highest BCUT2D eigenvalue weighted by atomic mass is 16.2. The van der Waals surface area contributed by atoms with Gasteiger partial charge in [0.05, 0.1) is 5.92 Å². The number of nitrogens with two attached hydrogens (primary N) is 1. The average molecular weight is 244 g/mol. The summed E-state index contributed by atoms with van der Waals surface area (Å²) in [6.07, 6.45) is 5.10. The molecule has 96 valence electrons. The lowest BCUT2D eigenvalue weighted by Gasteiger charge is -2.29. The maximum atomic E-state index is 12.3. The number of carbonyl (C=O) groups is 1. The molecule has 1 heterocycles. The molecule has 0 fully saturated rings. The van der Waals surface area contributed by atoms with Gasteiger partial charge in [0.1, 0.15) is 0 Å². The van der Waals surface area contributed by atoms with E-state index in [2.05, 4.69) is 6.08 Å². The van der Waals surface area contributed by atoms with Crippen molar-refractivity contribution in [1.29, 1.82) is 0 Å². The molecule has 3 heteroatoms. The van der Waals surface area contributed by atoms with Gasteiger partial charge in [-0.3, -0.25) is 4.79 Å². The van der Waals surface area contributed by atoms with Gasteiger partial charge in [-0.1, -0.05) is 49.4 Å². The first-order chi connectivity index (χ1) is 8.70. The quantitative estimate of drug-likeness (QED) is 0.828. The maximum Gasteiger partial charge on any atom is 0.227 e. The van der Waals surface area contributed by atoms with E-state index in [1.807, 2.05) is 48.2 Å². The molecule has 0 radical (unpaired) electrons. The molecule has 1 aliphatic heterocycles. The van der Waals surface area contributed by atoms with Crippen LogP contribution in [0.1, 0.15) is 24.9 Å². The van der Waals surface area contributed by atoms with E-state index in [9.17, 15) is 4.79 Å². The fourth-order valence-electron chi connectivity index (χ4n) is 2.25. The lowest BCUT2D eigenvalue weighted by atomic mass is 9.94. The van der Waals surface area contributed by atoms with E-state index in [1.54, 1.807) is 0 Å². The molecule has 0 saturated heterocycles. The monoisotopic (exact) mass is 244 g/mol. The highest BCUT2D eigenvalue weighted by Gasteiger charge is 2.26. The molecule has 18 heavy (non-hydrogen) atoms. The van der Waals surface area contributed by atoms with Crippen molar-refractivity contribution in [2.75, 3.05) is 13.1 Å². The summed E-state index contributed by atoms with van der Waals surface area (Å²) >= 11 is 0. The second-order valence-electron chi connectivity index (χ2n) is 4.77. The number of hydrogen-bond donors (Lipinski definition) is 1. The number of nitrogens with zero attached hydrogens (tertiary/aromatic N) is 1. The Hall–Kier alpha value is -1.61. The van der Waals surface area contributed by atoms with E-state index < -0.39 is 0 Å². The number of hydrogen-bond acceptors (Lipinski definition) is 2. The Kier molecular flexibility index (Phi) is 4.15. The highest BCUT2D eigenvalue weighted by molar-refractivity contribution is 5.79. The minimum absolute atomic E-state index is 0.149. The summed E-state index contributed by atoms with van der Waals surface area (Å²) in [6.45, 7) is 3.43. The van der Waals surface area contributed by atoms with Gasteiger partial charge in [0.2, 0.25) is 5.91 Å². The molecule has 2 unspecified atom stereocenters. The maximum absolute atomic E-state index is 12.3. The number of amides is 1. The van der Waals surface area contributed by atoms with Crippen LogP contribution >= 0.6 is 0 Å². The fraction of sp³-hybridized carbons (Fsp3) is 0.400. The Morgan fingerprint density at radius 3 is 2.61 bits per heavy atom. The molecule has 1 aromatic rings. The minimum Gasteiger partial charge on any atom is -0.338 e. The van der Waals surface area contributed by atoms with Gasteiger partial charge in [0.15, 0.2) is 0 Å². The third-order valence-electron chi connectivity index (χ3n) is 3.48. The normalized spacial score (nSPS) is 18.4. The topological polar surface area (TPSA) is 46.3 Å². The zero-order chi connectivity index (χ0) is 13.0. The van der Waals surface area contributed by atoms with Crippen molar-refractivity contribution in [3.8, 4) is 0 Å². The Labute approximate surface area is 108 Å². The molecule has 0 bridgehead atoms. The summed E-state index contributed by atoms with van der Waals surface area (Å²) in [4.78, 5) is 14.2. The van der Waals surface area contributed by atoms with Gasteiger partial charge in [-0.2, -0.15) is 0 Å². The van der Waals surface area contributed by atoms with Gasteiger partial charge in [-0.05, 0) is 12.0 Å². The van der Waals surface area contributed by atoms with E-state index in [4.69, 9.17) is 5.73 Å². The average Bonchev–Trinajstić information content (AvgIpc) is 2.47.